The monoisotopic (exact) mass is 468 g/mol. The lowest BCUT2D eigenvalue weighted by Gasteiger charge is -2.14. The van der Waals surface area contributed by atoms with Crippen LogP contribution in [0.4, 0.5) is 0 Å². The van der Waals surface area contributed by atoms with Crippen LogP contribution in [0.2, 0.25) is 0 Å². The van der Waals surface area contributed by atoms with Crippen molar-refractivity contribution in [2.45, 2.75) is 78.4 Å². The van der Waals surface area contributed by atoms with Crippen LogP contribution in [0.5, 0.6) is 11.5 Å². The van der Waals surface area contributed by atoms with Crippen molar-refractivity contribution >= 4 is 11.8 Å². The molecule has 6 heteroatoms. The number of amides is 2. The predicted octanol–water partition coefficient (Wildman–Crippen LogP) is 5.76. The highest BCUT2D eigenvalue weighted by Crippen LogP contribution is 2.20. The molecule has 0 aliphatic rings. The maximum absolute atomic E-state index is 12.5. The number of para-hydroxylation sites is 2. The summed E-state index contributed by atoms with van der Waals surface area (Å²) in [5.74, 6) is 1.07. The van der Waals surface area contributed by atoms with Gasteiger partial charge in [-0.15, -0.1) is 0 Å². The second kappa shape index (κ2) is 15.0. The minimum atomic E-state index is -0.0904. The van der Waals surface area contributed by atoms with Crippen molar-refractivity contribution in [3.8, 4) is 11.5 Å². The van der Waals surface area contributed by atoms with E-state index >= 15 is 0 Å². The summed E-state index contributed by atoms with van der Waals surface area (Å²) < 4.78 is 11.5. The number of ether oxygens (including phenoxy) is 2. The summed E-state index contributed by atoms with van der Waals surface area (Å²) in [6, 6.07) is 14.7. The van der Waals surface area contributed by atoms with Crippen LogP contribution >= 0.6 is 0 Å². The van der Waals surface area contributed by atoms with E-state index < -0.39 is 0 Å². The van der Waals surface area contributed by atoms with Crippen molar-refractivity contribution in [3.05, 3.63) is 59.7 Å². The Bertz CT molecular complexity index is 822. The largest absolute Gasteiger partial charge is 0.490 e. The van der Waals surface area contributed by atoms with Crippen molar-refractivity contribution in [2.24, 2.45) is 0 Å². The molecule has 186 valence electrons. The number of rotatable bonds is 15. The lowest BCUT2D eigenvalue weighted by molar-refractivity contribution is 0.0937. The van der Waals surface area contributed by atoms with Gasteiger partial charge in [-0.2, -0.15) is 0 Å². The van der Waals surface area contributed by atoms with E-state index in [4.69, 9.17) is 9.47 Å². The second-order valence-corrected chi connectivity index (χ2v) is 8.96. The highest BCUT2D eigenvalue weighted by Gasteiger charge is 2.13. The number of carbonyl (C=O) groups is 2. The van der Waals surface area contributed by atoms with Gasteiger partial charge in [0.05, 0.1) is 23.3 Å². The molecule has 0 saturated carbocycles. The zero-order valence-corrected chi connectivity index (χ0v) is 21.1. The summed E-state index contributed by atoms with van der Waals surface area (Å²) in [5.41, 5.74) is 1.16. The minimum Gasteiger partial charge on any atom is -0.490 e. The highest BCUT2D eigenvalue weighted by molar-refractivity contribution is 5.97. The molecule has 0 aromatic heterocycles. The van der Waals surface area contributed by atoms with Gasteiger partial charge in [-0.25, -0.2) is 0 Å². The van der Waals surface area contributed by atoms with E-state index in [-0.39, 0.29) is 24.0 Å². The molecular formula is C28H40N2O4. The Morgan fingerprint density at radius 3 is 1.35 bits per heavy atom. The van der Waals surface area contributed by atoms with Gasteiger partial charge in [0, 0.05) is 13.1 Å². The molecular weight excluding hydrogens is 428 g/mol. The molecule has 2 aromatic rings. The molecule has 6 nitrogen and oxygen atoms in total. The third-order valence-electron chi connectivity index (χ3n) is 5.16. The Morgan fingerprint density at radius 1 is 0.618 bits per heavy atom. The van der Waals surface area contributed by atoms with E-state index in [1.807, 2.05) is 64.1 Å². The Balaban J connectivity index is 1.55. The highest BCUT2D eigenvalue weighted by atomic mass is 16.5. The van der Waals surface area contributed by atoms with Gasteiger partial charge in [-0.05, 0) is 64.8 Å². The maximum atomic E-state index is 12.5. The number of benzene rings is 2. The lowest BCUT2D eigenvalue weighted by atomic mass is 10.1. The van der Waals surface area contributed by atoms with Crippen LogP contribution in [-0.4, -0.2) is 37.1 Å². The Kier molecular flexibility index (Phi) is 12.0. The van der Waals surface area contributed by atoms with Crippen LogP contribution in [0, 0.1) is 0 Å². The summed E-state index contributed by atoms with van der Waals surface area (Å²) in [6.07, 6.45) is 6.30. The number of hydrogen-bond donors (Lipinski definition) is 2. The normalized spacial score (nSPS) is 10.9. The van der Waals surface area contributed by atoms with Crippen molar-refractivity contribution in [1.82, 2.24) is 10.6 Å². The van der Waals surface area contributed by atoms with Crippen LogP contribution in [0.1, 0.15) is 86.9 Å². The third kappa shape index (κ3) is 9.86. The minimum absolute atomic E-state index is 0.0250. The predicted molar refractivity (Wildman–Crippen MR) is 137 cm³/mol. The first kappa shape index (κ1) is 27.2. The molecule has 0 atom stereocenters. The molecule has 2 aromatic carbocycles. The number of nitrogens with one attached hydrogen (secondary N) is 2. The van der Waals surface area contributed by atoms with E-state index in [0.717, 1.165) is 38.5 Å². The van der Waals surface area contributed by atoms with E-state index in [1.165, 1.54) is 0 Å². The van der Waals surface area contributed by atoms with Gasteiger partial charge in [0.15, 0.2) is 0 Å². The van der Waals surface area contributed by atoms with Gasteiger partial charge in [-0.3, -0.25) is 9.59 Å². The van der Waals surface area contributed by atoms with E-state index in [9.17, 15) is 9.59 Å². The van der Waals surface area contributed by atoms with Gasteiger partial charge in [0.2, 0.25) is 0 Å². The molecule has 0 fully saturated rings. The Labute approximate surface area is 204 Å². The topological polar surface area (TPSA) is 76.7 Å². The van der Waals surface area contributed by atoms with Crippen molar-refractivity contribution < 1.29 is 19.1 Å². The maximum Gasteiger partial charge on any atom is 0.255 e. The van der Waals surface area contributed by atoms with E-state index in [2.05, 4.69) is 10.6 Å². The van der Waals surface area contributed by atoms with Crippen LogP contribution < -0.4 is 20.1 Å². The molecule has 0 heterocycles. The molecule has 0 aliphatic carbocycles. The molecule has 0 bridgehead atoms. The standard InChI is InChI=1S/C28H40N2O4/c1-21(2)33-25-17-11-9-15-23(25)27(31)29-19-13-7-5-6-8-14-20-30-28(32)24-16-10-12-18-26(24)34-22(3)4/h9-12,15-18,21-22H,5-8,13-14,19-20H2,1-4H3,(H,29,31)(H,30,32). The molecule has 2 rings (SSSR count). The summed E-state index contributed by atoms with van der Waals surface area (Å²) in [6.45, 7) is 9.11. The molecule has 0 saturated heterocycles. The fraction of sp³-hybridized carbons (Fsp3) is 0.500. The third-order valence-corrected chi connectivity index (χ3v) is 5.16. The van der Waals surface area contributed by atoms with Crippen LogP contribution in [0.25, 0.3) is 0 Å². The number of carbonyl (C=O) groups excluding carboxylic acids is 2. The molecule has 2 amide bonds. The van der Waals surface area contributed by atoms with Gasteiger partial charge in [0.25, 0.3) is 11.8 Å². The van der Waals surface area contributed by atoms with Gasteiger partial charge in [0.1, 0.15) is 11.5 Å². The lowest BCUT2D eigenvalue weighted by Crippen LogP contribution is -2.25. The number of hydrogen-bond acceptors (Lipinski definition) is 4. The van der Waals surface area contributed by atoms with Crippen molar-refractivity contribution in [3.63, 3.8) is 0 Å². The van der Waals surface area contributed by atoms with Crippen molar-refractivity contribution in [1.29, 1.82) is 0 Å². The molecule has 34 heavy (non-hydrogen) atoms. The summed E-state index contributed by atoms with van der Waals surface area (Å²) in [4.78, 5) is 24.9. The van der Waals surface area contributed by atoms with E-state index in [1.54, 1.807) is 12.1 Å². The zero-order valence-electron chi connectivity index (χ0n) is 21.1. The summed E-state index contributed by atoms with van der Waals surface area (Å²) >= 11 is 0. The average Bonchev–Trinajstić information content (AvgIpc) is 2.80. The van der Waals surface area contributed by atoms with E-state index in [0.29, 0.717) is 35.7 Å². The van der Waals surface area contributed by atoms with Gasteiger partial charge in [-0.1, -0.05) is 49.9 Å². The van der Waals surface area contributed by atoms with Crippen LogP contribution in [0.3, 0.4) is 0 Å². The Morgan fingerprint density at radius 2 is 0.971 bits per heavy atom. The van der Waals surface area contributed by atoms with Crippen molar-refractivity contribution in [2.75, 3.05) is 13.1 Å². The first-order valence-electron chi connectivity index (χ1n) is 12.5. The molecule has 0 unspecified atom stereocenters. The van der Waals surface area contributed by atoms with Gasteiger partial charge >= 0.3 is 0 Å². The molecule has 0 radical (unpaired) electrons. The quantitative estimate of drug-likeness (QED) is 0.326. The molecule has 0 spiro atoms. The fourth-order valence-electron chi connectivity index (χ4n) is 3.57. The Hall–Kier alpha value is -3.02. The average molecular weight is 469 g/mol. The van der Waals surface area contributed by atoms with Crippen LogP contribution in [0.15, 0.2) is 48.5 Å². The first-order chi connectivity index (χ1) is 16.4. The summed E-state index contributed by atoms with van der Waals surface area (Å²) in [7, 11) is 0. The summed E-state index contributed by atoms with van der Waals surface area (Å²) in [5, 5.41) is 5.98. The zero-order chi connectivity index (χ0) is 24.8. The fourth-order valence-corrected chi connectivity index (χ4v) is 3.57. The van der Waals surface area contributed by atoms with Crippen LogP contribution in [-0.2, 0) is 0 Å². The first-order valence-corrected chi connectivity index (χ1v) is 12.5. The molecule has 0 aliphatic heterocycles. The molecule has 2 N–H and O–H groups in total. The number of unbranched alkanes of at least 4 members (excludes halogenated alkanes) is 5. The second-order valence-electron chi connectivity index (χ2n) is 8.96. The smallest absolute Gasteiger partial charge is 0.255 e. The SMILES string of the molecule is CC(C)Oc1ccccc1C(=O)NCCCCCCCCNC(=O)c1ccccc1OC(C)C. The van der Waals surface area contributed by atoms with Gasteiger partial charge < -0.3 is 20.1 Å².